The van der Waals surface area contributed by atoms with Crippen LogP contribution in [0, 0.1) is 11.9 Å². The number of alkyl halides is 3. The van der Waals surface area contributed by atoms with Crippen molar-refractivity contribution in [3.63, 3.8) is 0 Å². The summed E-state index contributed by atoms with van der Waals surface area (Å²) in [5.41, 5.74) is 6.47. The summed E-state index contributed by atoms with van der Waals surface area (Å²) in [7, 11) is 0. The number of aliphatic imine (C=N–C) groups is 1. The predicted octanol–water partition coefficient (Wildman–Crippen LogP) is 3.68. The van der Waals surface area contributed by atoms with Crippen molar-refractivity contribution in [1.82, 2.24) is 24.9 Å². The fourth-order valence-corrected chi connectivity index (χ4v) is 6.74. The van der Waals surface area contributed by atoms with E-state index < -0.39 is 34.4 Å². The van der Waals surface area contributed by atoms with Crippen LogP contribution in [0.5, 0.6) is 5.75 Å². The number of hydrogen-bond donors (Lipinski definition) is 2. The van der Waals surface area contributed by atoms with E-state index in [2.05, 4.69) is 29.9 Å². The van der Waals surface area contributed by atoms with E-state index in [4.69, 9.17) is 14.9 Å². The van der Waals surface area contributed by atoms with Crippen LogP contribution in [0.25, 0.3) is 11.0 Å². The summed E-state index contributed by atoms with van der Waals surface area (Å²) < 4.78 is 64.7. The van der Waals surface area contributed by atoms with Gasteiger partial charge in [-0.25, -0.2) is 24.9 Å². The highest BCUT2D eigenvalue weighted by Gasteiger charge is 2.74. The maximum absolute atomic E-state index is 15.1. The number of aliphatic hydroxyl groups is 1. The molecule has 1 aliphatic heterocycles. The molecule has 0 bridgehead atoms. The van der Waals surface area contributed by atoms with Gasteiger partial charge in [0.15, 0.2) is 17.9 Å². The Morgan fingerprint density at radius 1 is 1.20 bits per heavy atom. The van der Waals surface area contributed by atoms with Gasteiger partial charge in [0.25, 0.3) is 0 Å². The van der Waals surface area contributed by atoms with E-state index in [0.29, 0.717) is 45.7 Å². The van der Waals surface area contributed by atoms with Gasteiger partial charge in [-0.2, -0.15) is 17.6 Å². The largest absolute Gasteiger partial charge is 0.482 e. The Bertz CT molecular complexity index is 1620. The summed E-state index contributed by atoms with van der Waals surface area (Å²) in [4.78, 5) is 25.2. The molecule has 2 aliphatic rings. The standard InChI is InChI=1S/C25H21F4N7O3S/c1-23(17-7-24(17,40-22(30)36-23)21(37)25(27,28)29)14-4-12(8-33-20(14)26)5-15-19-16(35-11-34-15)6-13(9-32-19)39-10-18-31-2-3-38-18/h2-4,6,8-9,11,17,21,37H,5,7,10H2,1H3,(H2,30,36)/t17-,21-,23+,24-/m0/s1. The van der Waals surface area contributed by atoms with E-state index in [-0.39, 0.29) is 30.2 Å². The Balaban J connectivity index is 1.29. The molecular weight excluding hydrogens is 554 g/mol. The lowest BCUT2D eigenvalue weighted by Crippen LogP contribution is -2.47. The smallest absolute Gasteiger partial charge is 0.415 e. The van der Waals surface area contributed by atoms with E-state index in [1.165, 1.54) is 44.2 Å². The Morgan fingerprint density at radius 2 is 2.02 bits per heavy atom. The minimum absolute atomic E-state index is 0.0111. The van der Waals surface area contributed by atoms with Crippen LogP contribution in [0.15, 0.2) is 52.7 Å². The van der Waals surface area contributed by atoms with Gasteiger partial charge in [-0.15, -0.1) is 0 Å². The van der Waals surface area contributed by atoms with Crippen molar-refractivity contribution in [3.05, 3.63) is 72.0 Å². The van der Waals surface area contributed by atoms with Crippen molar-refractivity contribution in [1.29, 1.82) is 0 Å². The SMILES string of the molecule is C[C@]1(c2cc(Cc3ncnc4cc(OCc5ncco5)cnc34)cnc2F)N=C(N)S[C@@]2([C@H](O)C(F)(F)F)C[C@H]21. The molecule has 6 rings (SSSR count). The number of thioether (sulfide) groups is 1. The molecule has 5 heterocycles. The molecule has 0 aromatic carbocycles. The number of nitrogens with zero attached hydrogens (tertiary/aromatic N) is 6. The summed E-state index contributed by atoms with van der Waals surface area (Å²) in [6.07, 6.45) is -0.231. The molecule has 0 radical (unpaired) electrons. The monoisotopic (exact) mass is 575 g/mol. The molecule has 4 aromatic heterocycles. The van der Waals surface area contributed by atoms with Crippen molar-refractivity contribution in [2.45, 2.75) is 48.9 Å². The molecule has 0 unspecified atom stereocenters. The molecule has 4 aromatic rings. The van der Waals surface area contributed by atoms with Crippen LogP contribution in [0.2, 0.25) is 0 Å². The first-order chi connectivity index (χ1) is 19.0. The van der Waals surface area contributed by atoms with Crippen molar-refractivity contribution in [3.8, 4) is 5.75 Å². The van der Waals surface area contributed by atoms with Gasteiger partial charge in [0, 0.05) is 30.2 Å². The number of amidine groups is 1. The van der Waals surface area contributed by atoms with Crippen LogP contribution in [-0.2, 0) is 18.6 Å². The molecule has 10 nitrogen and oxygen atoms in total. The fraction of sp³-hybridized carbons (Fsp3) is 0.360. The Kier molecular flexibility index (Phi) is 6.18. The van der Waals surface area contributed by atoms with Crippen LogP contribution in [0.3, 0.4) is 0 Å². The van der Waals surface area contributed by atoms with Gasteiger partial charge in [0.1, 0.15) is 23.9 Å². The van der Waals surface area contributed by atoms with Gasteiger partial charge in [0.05, 0.1) is 33.9 Å². The maximum atomic E-state index is 15.1. The quantitative estimate of drug-likeness (QED) is 0.247. The van der Waals surface area contributed by atoms with Gasteiger partial charge in [-0.05, 0) is 25.0 Å². The number of ether oxygens (including phenoxy) is 1. The third kappa shape index (κ3) is 4.52. The van der Waals surface area contributed by atoms with Crippen LogP contribution >= 0.6 is 11.8 Å². The number of fused-ring (bicyclic) bond motifs is 2. The normalized spacial score (nSPS) is 24.9. The van der Waals surface area contributed by atoms with Crippen LogP contribution < -0.4 is 10.5 Å². The van der Waals surface area contributed by atoms with Crippen LogP contribution in [0.4, 0.5) is 17.6 Å². The summed E-state index contributed by atoms with van der Waals surface area (Å²) in [6.45, 7) is 1.62. The molecule has 4 atom stereocenters. The number of oxazole rings is 1. The van der Waals surface area contributed by atoms with Crippen LogP contribution in [-0.4, -0.2) is 52.2 Å². The predicted molar refractivity (Wildman–Crippen MR) is 135 cm³/mol. The second-order valence-electron chi connectivity index (χ2n) is 9.79. The third-order valence-corrected chi connectivity index (χ3v) is 8.58. The van der Waals surface area contributed by atoms with Gasteiger partial charge < -0.3 is 20.0 Å². The molecule has 0 spiro atoms. The fourth-order valence-electron chi connectivity index (χ4n) is 5.25. The first-order valence-corrected chi connectivity index (χ1v) is 12.9. The Labute approximate surface area is 228 Å². The molecular formula is C25H21F4N7O3S. The first-order valence-electron chi connectivity index (χ1n) is 12.0. The summed E-state index contributed by atoms with van der Waals surface area (Å²) in [5, 5.41) is 9.97. The van der Waals surface area contributed by atoms with Gasteiger partial charge in [-0.1, -0.05) is 11.8 Å². The zero-order valence-electron chi connectivity index (χ0n) is 20.8. The molecule has 1 saturated carbocycles. The number of nitrogens with two attached hydrogens (primary N) is 1. The zero-order valence-corrected chi connectivity index (χ0v) is 21.6. The molecule has 15 heteroatoms. The molecule has 0 saturated heterocycles. The summed E-state index contributed by atoms with van der Waals surface area (Å²) >= 11 is 0.683. The van der Waals surface area contributed by atoms with Crippen molar-refractivity contribution >= 4 is 28.0 Å². The Hall–Kier alpha value is -3.85. The average molecular weight is 576 g/mol. The molecule has 1 aliphatic carbocycles. The lowest BCUT2D eigenvalue weighted by molar-refractivity contribution is -0.207. The first kappa shape index (κ1) is 26.4. The second kappa shape index (κ2) is 9.37. The molecule has 208 valence electrons. The second-order valence-corrected chi connectivity index (χ2v) is 11.2. The lowest BCUT2D eigenvalue weighted by Gasteiger charge is -2.36. The molecule has 0 amide bonds. The highest BCUT2D eigenvalue weighted by molar-refractivity contribution is 8.15. The number of aliphatic hydroxyl groups excluding tert-OH is 1. The summed E-state index contributed by atoms with van der Waals surface area (Å²) in [5.74, 6) is -0.850. The van der Waals surface area contributed by atoms with E-state index in [1.54, 1.807) is 6.07 Å². The minimum Gasteiger partial charge on any atom is -0.482 e. The number of aromatic nitrogens is 5. The number of halogens is 4. The van der Waals surface area contributed by atoms with Gasteiger partial charge >= 0.3 is 6.18 Å². The number of pyridine rings is 2. The van der Waals surface area contributed by atoms with E-state index in [0.717, 1.165) is 0 Å². The van der Waals surface area contributed by atoms with Crippen molar-refractivity contribution < 1.29 is 31.8 Å². The average Bonchev–Trinajstić information content (AvgIpc) is 3.42. The maximum Gasteiger partial charge on any atom is 0.415 e. The van der Waals surface area contributed by atoms with Crippen molar-refractivity contribution in [2.24, 2.45) is 16.6 Å². The van der Waals surface area contributed by atoms with E-state index in [1.807, 2.05) is 0 Å². The molecule has 40 heavy (non-hydrogen) atoms. The third-order valence-electron chi connectivity index (χ3n) is 7.23. The van der Waals surface area contributed by atoms with Gasteiger partial charge in [0.2, 0.25) is 11.8 Å². The van der Waals surface area contributed by atoms with E-state index in [9.17, 15) is 18.3 Å². The Morgan fingerprint density at radius 3 is 2.77 bits per heavy atom. The topological polar surface area (TPSA) is 145 Å². The van der Waals surface area contributed by atoms with Crippen LogP contribution in [0.1, 0.15) is 36.1 Å². The minimum atomic E-state index is -4.86. The number of rotatable bonds is 7. The highest BCUT2D eigenvalue weighted by atomic mass is 32.2. The van der Waals surface area contributed by atoms with Gasteiger partial charge in [-0.3, -0.25) is 4.99 Å². The molecule has 3 N–H and O–H groups in total. The van der Waals surface area contributed by atoms with Crippen molar-refractivity contribution in [2.75, 3.05) is 0 Å². The zero-order chi connectivity index (χ0) is 28.3. The lowest BCUT2D eigenvalue weighted by atomic mass is 9.85. The molecule has 1 fully saturated rings. The van der Waals surface area contributed by atoms with E-state index >= 15 is 4.39 Å². The number of hydrogen-bond acceptors (Lipinski definition) is 11. The highest BCUT2D eigenvalue weighted by Crippen LogP contribution is 2.68. The summed E-state index contributed by atoms with van der Waals surface area (Å²) in [6, 6.07) is 3.18.